The molecule has 0 saturated heterocycles. The van der Waals surface area contributed by atoms with Crippen LogP contribution in [0.4, 0.5) is 20.3 Å². The number of carbonyl (C=O) groups is 1. The zero-order valence-corrected chi connectivity index (χ0v) is 17.9. The van der Waals surface area contributed by atoms with Gasteiger partial charge in [-0.2, -0.15) is 0 Å². The number of carbonyl (C=O) groups excluding carboxylic acids is 1. The van der Waals surface area contributed by atoms with Crippen LogP contribution in [0.1, 0.15) is 19.7 Å². The lowest BCUT2D eigenvalue weighted by Crippen LogP contribution is -2.50. The summed E-state index contributed by atoms with van der Waals surface area (Å²) in [5.41, 5.74) is 6.78. The van der Waals surface area contributed by atoms with Crippen molar-refractivity contribution in [3.05, 3.63) is 64.9 Å². The van der Waals surface area contributed by atoms with Crippen molar-refractivity contribution in [2.24, 2.45) is 5.73 Å². The van der Waals surface area contributed by atoms with Gasteiger partial charge in [-0.05, 0) is 56.3 Å². The van der Waals surface area contributed by atoms with Crippen LogP contribution in [0.3, 0.4) is 0 Å². The molecule has 3 N–H and O–H groups in total. The van der Waals surface area contributed by atoms with Gasteiger partial charge in [0.2, 0.25) is 5.91 Å². The predicted molar refractivity (Wildman–Crippen MR) is 116 cm³/mol. The normalized spacial score (nSPS) is 15.0. The van der Waals surface area contributed by atoms with E-state index in [4.69, 9.17) is 22.3 Å². The quantitative estimate of drug-likeness (QED) is 0.629. The molecule has 6 nitrogen and oxygen atoms in total. The Bertz CT molecular complexity index is 1140. The van der Waals surface area contributed by atoms with Crippen LogP contribution in [0, 0.1) is 11.6 Å². The Labute approximate surface area is 183 Å². The van der Waals surface area contributed by atoms with E-state index < -0.39 is 11.4 Å². The molecule has 0 unspecified atom stereocenters. The first-order chi connectivity index (χ1) is 14.7. The van der Waals surface area contributed by atoms with Crippen LogP contribution in [0.15, 0.2) is 42.5 Å². The van der Waals surface area contributed by atoms with Crippen LogP contribution in [0.2, 0.25) is 5.02 Å². The minimum absolute atomic E-state index is 0.0240. The zero-order valence-electron chi connectivity index (χ0n) is 17.1. The number of benzene rings is 2. The van der Waals surface area contributed by atoms with Crippen molar-refractivity contribution >= 4 is 29.0 Å². The van der Waals surface area contributed by atoms with Crippen molar-refractivity contribution in [1.82, 2.24) is 14.5 Å². The number of nitrogens with one attached hydrogen (secondary N) is 1. The smallest absolute Gasteiger partial charge is 0.236 e. The Morgan fingerprint density at radius 3 is 2.58 bits per heavy atom. The summed E-state index contributed by atoms with van der Waals surface area (Å²) in [4.78, 5) is 18.7. The van der Waals surface area contributed by atoms with E-state index in [-0.39, 0.29) is 29.8 Å². The van der Waals surface area contributed by atoms with E-state index >= 15 is 0 Å². The summed E-state index contributed by atoms with van der Waals surface area (Å²) < 4.78 is 29.6. The molecule has 1 aliphatic heterocycles. The van der Waals surface area contributed by atoms with Gasteiger partial charge in [0.1, 0.15) is 29.0 Å². The minimum atomic E-state index is -0.549. The summed E-state index contributed by atoms with van der Waals surface area (Å²) in [6, 6.07) is 10.4. The molecule has 4 rings (SSSR count). The zero-order chi connectivity index (χ0) is 22.3. The van der Waals surface area contributed by atoms with Crippen LogP contribution in [0.5, 0.6) is 0 Å². The predicted octanol–water partition coefficient (Wildman–Crippen LogP) is 4.26. The van der Waals surface area contributed by atoms with Gasteiger partial charge in [-0.1, -0.05) is 11.6 Å². The highest BCUT2D eigenvalue weighted by Crippen LogP contribution is 2.39. The van der Waals surface area contributed by atoms with Crippen LogP contribution in [0.25, 0.3) is 11.3 Å². The van der Waals surface area contributed by atoms with Gasteiger partial charge < -0.3 is 20.5 Å². The molecule has 0 radical (unpaired) electrons. The van der Waals surface area contributed by atoms with Crippen molar-refractivity contribution in [3.63, 3.8) is 0 Å². The number of hydrogen-bond acceptors (Lipinski definition) is 4. The monoisotopic (exact) mass is 445 g/mol. The highest BCUT2D eigenvalue weighted by atomic mass is 35.5. The van der Waals surface area contributed by atoms with Crippen molar-refractivity contribution in [2.45, 2.75) is 25.9 Å². The van der Waals surface area contributed by atoms with E-state index in [1.54, 1.807) is 23.1 Å². The number of anilines is 2. The average molecular weight is 446 g/mol. The fourth-order valence-electron chi connectivity index (χ4n) is 3.93. The largest absolute Gasteiger partial charge is 0.340 e. The van der Waals surface area contributed by atoms with Crippen LogP contribution >= 0.6 is 11.6 Å². The van der Waals surface area contributed by atoms with Crippen molar-refractivity contribution in [1.29, 1.82) is 0 Å². The minimum Gasteiger partial charge on any atom is -0.340 e. The lowest BCUT2D eigenvalue weighted by molar-refractivity contribution is -0.132. The number of fused-ring (bicyclic) bond motifs is 1. The fourth-order valence-corrected chi connectivity index (χ4v) is 4.05. The lowest BCUT2D eigenvalue weighted by Gasteiger charge is -2.40. The van der Waals surface area contributed by atoms with Crippen molar-refractivity contribution < 1.29 is 13.6 Å². The maximum atomic E-state index is 14.1. The second-order valence-corrected chi connectivity index (χ2v) is 8.49. The summed E-state index contributed by atoms with van der Waals surface area (Å²) in [6.07, 6.45) is 0. The van der Waals surface area contributed by atoms with E-state index in [9.17, 15) is 13.6 Å². The van der Waals surface area contributed by atoms with Gasteiger partial charge in [0.05, 0.1) is 23.7 Å². The van der Waals surface area contributed by atoms with Gasteiger partial charge in [0.25, 0.3) is 0 Å². The number of nitrogens with two attached hydrogens (primary N) is 1. The molecule has 162 valence electrons. The number of nitrogens with zero attached hydrogens (tertiary/aromatic N) is 3. The van der Waals surface area contributed by atoms with E-state index in [0.717, 1.165) is 0 Å². The lowest BCUT2D eigenvalue weighted by atomic mass is 10.0. The van der Waals surface area contributed by atoms with Crippen LogP contribution in [-0.2, 0) is 16.9 Å². The second-order valence-electron chi connectivity index (χ2n) is 8.09. The number of halogens is 3. The van der Waals surface area contributed by atoms with Crippen molar-refractivity contribution in [2.75, 3.05) is 18.4 Å². The molecule has 2 aromatic carbocycles. The van der Waals surface area contributed by atoms with Gasteiger partial charge in [-0.25, -0.2) is 13.8 Å². The Balaban J connectivity index is 1.87. The molecular weight excluding hydrogens is 424 g/mol. The Morgan fingerprint density at radius 2 is 1.94 bits per heavy atom. The SMILES string of the molecule is CC1(C)CN(C(=O)CN)Cc2nc(-c3ccc(F)cc3)c(Nc3ccc(Cl)c(F)c3)n21. The highest BCUT2D eigenvalue weighted by molar-refractivity contribution is 6.30. The second kappa shape index (κ2) is 7.94. The number of hydrogen-bond donors (Lipinski definition) is 2. The molecule has 0 saturated carbocycles. The molecular formula is C22H22ClF2N5O. The van der Waals surface area contributed by atoms with Crippen molar-refractivity contribution in [3.8, 4) is 11.3 Å². The van der Waals surface area contributed by atoms with E-state index in [0.29, 0.717) is 35.1 Å². The van der Waals surface area contributed by atoms with E-state index in [1.807, 2.05) is 18.4 Å². The van der Waals surface area contributed by atoms with Crippen LogP contribution < -0.4 is 11.1 Å². The molecule has 1 aliphatic rings. The maximum Gasteiger partial charge on any atom is 0.236 e. The molecule has 0 atom stereocenters. The maximum absolute atomic E-state index is 14.1. The summed E-state index contributed by atoms with van der Waals surface area (Å²) in [6.45, 7) is 4.59. The molecule has 1 aromatic heterocycles. The molecule has 0 spiro atoms. The average Bonchev–Trinajstić information content (AvgIpc) is 3.09. The summed E-state index contributed by atoms with van der Waals surface area (Å²) in [7, 11) is 0. The first-order valence-corrected chi connectivity index (χ1v) is 10.2. The third-order valence-electron chi connectivity index (χ3n) is 5.29. The molecule has 1 amide bonds. The molecule has 31 heavy (non-hydrogen) atoms. The van der Waals surface area contributed by atoms with Gasteiger partial charge in [0, 0.05) is 17.8 Å². The number of imidazole rings is 1. The van der Waals surface area contributed by atoms with Gasteiger partial charge in [-0.3, -0.25) is 4.79 Å². The van der Waals surface area contributed by atoms with E-state index in [2.05, 4.69) is 5.32 Å². The fraction of sp³-hybridized carbons (Fsp3) is 0.273. The molecule has 9 heteroatoms. The summed E-state index contributed by atoms with van der Waals surface area (Å²) >= 11 is 5.82. The summed E-state index contributed by atoms with van der Waals surface area (Å²) in [5.74, 6) is 0.192. The van der Waals surface area contributed by atoms with E-state index in [1.165, 1.54) is 24.3 Å². The van der Waals surface area contributed by atoms with Gasteiger partial charge >= 0.3 is 0 Å². The molecule has 0 bridgehead atoms. The highest BCUT2D eigenvalue weighted by Gasteiger charge is 2.37. The standard InChI is InChI=1S/C22H22ClF2N5O/c1-22(2)12-29(19(31)10-26)11-18-28-20(13-3-5-14(24)6-4-13)21(30(18)22)27-15-7-8-16(23)17(25)9-15/h3-9,27H,10-12,26H2,1-2H3. The Morgan fingerprint density at radius 1 is 1.23 bits per heavy atom. The molecule has 2 heterocycles. The number of aromatic nitrogens is 2. The number of amides is 1. The molecule has 3 aromatic rings. The van der Waals surface area contributed by atoms with Gasteiger partial charge in [-0.15, -0.1) is 0 Å². The Kier molecular flexibility index (Phi) is 5.45. The number of rotatable bonds is 4. The molecule has 0 fully saturated rings. The Hall–Kier alpha value is -2.97. The first kappa shape index (κ1) is 21.3. The van der Waals surface area contributed by atoms with Crippen LogP contribution in [-0.4, -0.2) is 33.4 Å². The topological polar surface area (TPSA) is 76.2 Å². The first-order valence-electron chi connectivity index (χ1n) is 9.77. The third kappa shape index (κ3) is 4.00. The summed E-state index contributed by atoms with van der Waals surface area (Å²) in [5, 5.41) is 3.28. The van der Waals surface area contributed by atoms with Gasteiger partial charge in [0.15, 0.2) is 0 Å². The molecule has 0 aliphatic carbocycles. The third-order valence-corrected chi connectivity index (χ3v) is 5.60.